The molecule has 0 spiro atoms. The van der Waals surface area contributed by atoms with Gasteiger partial charge in [-0.05, 0) is 26.0 Å². The summed E-state index contributed by atoms with van der Waals surface area (Å²) in [5.74, 6) is 0.816. The van der Waals surface area contributed by atoms with Gasteiger partial charge in [-0.3, -0.25) is 0 Å². The van der Waals surface area contributed by atoms with Crippen molar-refractivity contribution in [2.75, 3.05) is 7.11 Å². The van der Waals surface area contributed by atoms with E-state index in [-0.39, 0.29) is 12.2 Å². The summed E-state index contributed by atoms with van der Waals surface area (Å²) in [6, 6.07) is 3.60. The molecule has 1 atom stereocenters. The minimum atomic E-state index is -0.407. The van der Waals surface area contributed by atoms with Crippen molar-refractivity contribution in [3.05, 3.63) is 39.8 Å². The lowest BCUT2D eigenvalue weighted by molar-refractivity contribution is 0.0593. The number of carbonyl (C=O) groups excluding carboxylic acids is 1. The first-order chi connectivity index (χ1) is 10.6. The SMILES string of the molecule is COC(=O)c1c(OC(C)C)ccc2c1CC(c1nccs1)O2. The Morgan fingerprint density at radius 1 is 1.45 bits per heavy atom. The van der Waals surface area contributed by atoms with Crippen LogP contribution in [0.5, 0.6) is 11.5 Å². The maximum atomic E-state index is 12.2. The van der Waals surface area contributed by atoms with Gasteiger partial charge in [-0.25, -0.2) is 9.78 Å². The monoisotopic (exact) mass is 319 g/mol. The standard InChI is InChI=1S/C16H17NO4S/c1-9(2)20-12-5-4-11-10(14(12)16(18)19-3)8-13(21-11)15-17-6-7-22-15/h4-7,9,13H,8H2,1-3H3. The van der Waals surface area contributed by atoms with E-state index in [2.05, 4.69) is 4.98 Å². The number of aromatic nitrogens is 1. The second-order valence-electron chi connectivity index (χ2n) is 5.25. The molecular formula is C16H17NO4S. The second kappa shape index (κ2) is 5.96. The summed E-state index contributed by atoms with van der Waals surface area (Å²) in [5, 5.41) is 2.81. The quantitative estimate of drug-likeness (QED) is 0.809. The molecule has 3 rings (SSSR count). The Labute approximate surface area is 132 Å². The van der Waals surface area contributed by atoms with Gasteiger partial charge in [0.05, 0.1) is 13.2 Å². The fraction of sp³-hybridized carbons (Fsp3) is 0.375. The van der Waals surface area contributed by atoms with Gasteiger partial charge in [0, 0.05) is 23.6 Å². The van der Waals surface area contributed by atoms with Crippen molar-refractivity contribution in [2.45, 2.75) is 32.5 Å². The topological polar surface area (TPSA) is 57.7 Å². The zero-order valence-electron chi connectivity index (χ0n) is 12.7. The maximum Gasteiger partial charge on any atom is 0.342 e. The molecule has 0 aliphatic carbocycles. The summed E-state index contributed by atoms with van der Waals surface area (Å²) in [7, 11) is 1.37. The molecule has 0 amide bonds. The van der Waals surface area contributed by atoms with Gasteiger partial charge in [-0.1, -0.05) is 0 Å². The lowest BCUT2D eigenvalue weighted by Crippen LogP contribution is -2.13. The predicted molar refractivity (Wildman–Crippen MR) is 82.7 cm³/mol. The van der Waals surface area contributed by atoms with Crippen LogP contribution in [-0.4, -0.2) is 24.2 Å². The molecule has 0 saturated heterocycles. The van der Waals surface area contributed by atoms with Crippen molar-refractivity contribution < 1.29 is 19.0 Å². The van der Waals surface area contributed by atoms with Gasteiger partial charge in [0.15, 0.2) is 6.10 Å². The molecule has 2 aromatic rings. The van der Waals surface area contributed by atoms with Crippen LogP contribution >= 0.6 is 11.3 Å². The van der Waals surface area contributed by atoms with Crippen LogP contribution < -0.4 is 9.47 Å². The molecule has 1 aromatic heterocycles. The second-order valence-corrected chi connectivity index (χ2v) is 6.18. The van der Waals surface area contributed by atoms with E-state index >= 15 is 0 Å². The number of hydrogen-bond donors (Lipinski definition) is 0. The molecule has 116 valence electrons. The summed E-state index contributed by atoms with van der Waals surface area (Å²) in [6.07, 6.45) is 2.15. The molecule has 0 saturated carbocycles. The number of hydrogen-bond acceptors (Lipinski definition) is 6. The van der Waals surface area contributed by atoms with E-state index < -0.39 is 5.97 Å². The molecule has 1 unspecified atom stereocenters. The van der Waals surface area contributed by atoms with Crippen molar-refractivity contribution in [2.24, 2.45) is 0 Å². The summed E-state index contributed by atoms with van der Waals surface area (Å²) in [4.78, 5) is 16.5. The van der Waals surface area contributed by atoms with Crippen LogP contribution in [0.4, 0.5) is 0 Å². The molecule has 1 aliphatic rings. The average Bonchev–Trinajstić information content (AvgIpc) is 3.14. The number of esters is 1. The molecule has 5 nitrogen and oxygen atoms in total. The highest BCUT2D eigenvalue weighted by atomic mass is 32.1. The van der Waals surface area contributed by atoms with Crippen LogP contribution in [0.2, 0.25) is 0 Å². The largest absolute Gasteiger partial charge is 0.490 e. The number of ether oxygens (including phenoxy) is 3. The van der Waals surface area contributed by atoms with Gasteiger partial charge in [0.1, 0.15) is 22.1 Å². The first-order valence-corrected chi connectivity index (χ1v) is 7.95. The number of thiazole rings is 1. The van der Waals surface area contributed by atoms with E-state index in [4.69, 9.17) is 14.2 Å². The maximum absolute atomic E-state index is 12.2. The Hall–Kier alpha value is -2.08. The smallest absolute Gasteiger partial charge is 0.342 e. The van der Waals surface area contributed by atoms with Crippen molar-refractivity contribution >= 4 is 17.3 Å². The number of fused-ring (bicyclic) bond motifs is 1. The minimum absolute atomic E-state index is 0.0291. The van der Waals surface area contributed by atoms with Gasteiger partial charge < -0.3 is 14.2 Å². The Kier molecular flexibility index (Phi) is 4.02. The van der Waals surface area contributed by atoms with Crippen molar-refractivity contribution in [1.29, 1.82) is 0 Å². The van der Waals surface area contributed by atoms with Gasteiger partial charge in [-0.15, -0.1) is 11.3 Å². The molecular weight excluding hydrogens is 302 g/mol. The van der Waals surface area contributed by atoms with Gasteiger partial charge in [0.25, 0.3) is 0 Å². The summed E-state index contributed by atoms with van der Waals surface area (Å²) in [5.41, 5.74) is 1.28. The van der Waals surface area contributed by atoms with E-state index in [1.54, 1.807) is 23.6 Å². The average molecular weight is 319 g/mol. The van der Waals surface area contributed by atoms with Gasteiger partial charge >= 0.3 is 5.97 Å². The van der Waals surface area contributed by atoms with Crippen LogP contribution in [-0.2, 0) is 11.2 Å². The molecule has 1 aliphatic heterocycles. The highest BCUT2D eigenvalue weighted by Crippen LogP contribution is 2.42. The highest BCUT2D eigenvalue weighted by molar-refractivity contribution is 7.09. The molecule has 22 heavy (non-hydrogen) atoms. The minimum Gasteiger partial charge on any atom is -0.490 e. The Morgan fingerprint density at radius 3 is 2.91 bits per heavy atom. The third-order valence-corrected chi connectivity index (χ3v) is 4.24. The number of rotatable bonds is 4. The molecule has 1 aromatic carbocycles. The van der Waals surface area contributed by atoms with Gasteiger partial charge in [-0.2, -0.15) is 0 Å². The number of nitrogens with zero attached hydrogens (tertiary/aromatic N) is 1. The highest BCUT2D eigenvalue weighted by Gasteiger charge is 2.33. The summed E-state index contributed by atoms with van der Waals surface area (Å²) in [6.45, 7) is 3.84. The molecule has 0 radical (unpaired) electrons. The predicted octanol–water partition coefficient (Wildman–Crippen LogP) is 3.39. The van der Waals surface area contributed by atoms with E-state index in [1.165, 1.54) is 7.11 Å². The van der Waals surface area contributed by atoms with Crippen molar-refractivity contribution in [3.8, 4) is 11.5 Å². The van der Waals surface area contributed by atoms with E-state index in [9.17, 15) is 4.79 Å². The third-order valence-electron chi connectivity index (χ3n) is 3.37. The number of carbonyl (C=O) groups is 1. The van der Waals surface area contributed by atoms with Crippen LogP contribution in [0.25, 0.3) is 0 Å². The van der Waals surface area contributed by atoms with E-state index in [0.29, 0.717) is 23.5 Å². The molecule has 0 fully saturated rings. The zero-order chi connectivity index (χ0) is 15.7. The first-order valence-electron chi connectivity index (χ1n) is 7.07. The molecule has 0 N–H and O–H groups in total. The summed E-state index contributed by atoms with van der Waals surface area (Å²) >= 11 is 1.54. The third kappa shape index (κ3) is 2.66. The van der Waals surface area contributed by atoms with Crippen molar-refractivity contribution in [1.82, 2.24) is 4.98 Å². The Balaban J connectivity index is 2.00. The Bertz CT molecular complexity index is 682. The molecule has 2 heterocycles. The fourth-order valence-electron chi connectivity index (χ4n) is 2.51. The zero-order valence-corrected chi connectivity index (χ0v) is 13.5. The van der Waals surface area contributed by atoms with Crippen LogP contribution in [0, 0.1) is 0 Å². The summed E-state index contributed by atoms with van der Waals surface area (Å²) < 4.78 is 16.6. The van der Waals surface area contributed by atoms with Crippen molar-refractivity contribution in [3.63, 3.8) is 0 Å². The van der Waals surface area contributed by atoms with E-state index in [1.807, 2.05) is 25.3 Å². The number of methoxy groups -OCH3 is 1. The number of benzene rings is 1. The van der Waals surface area contributed by atoms with Crippen LogP contribution in [0.3, 0.4) is 0 Å². The Morgan fingerprint density at radius 2 is 2.27 bits per heavy atom. The van der Waals surface area contributed by atoms with E-state index in [0.717, 1.165) is 10.6 Å². The van der Waals surface area contributed by atoms with Crippen LogP contribution in [0.15, 0.2) is 23.7 Å². The first kappa shape index (κ1) is 14.8. The lowest BCUT2D eigenvalue weighted by Gasteiger charge is -2.15. The molecule has 0 bridgehead atoms. The normalized spacial score (nSPS) is 16.3. The van der Waals surface area contributed by atoms with Gasteiger partial charge in [0.2, 0.25) is 0 Å². The van der Waals surface area contributed by atoms with Crippen LogP contribution in [0.1, 0.15) is 40.9 Å². The lowest BCUT2D eigenvalue weighted by atomic mass is 10.0. The molecule has 6 heteroatoms. The fourth-order valence-corrected chi connectivity index (χ4v) is 3.18.